The zero-order valence-electron chi connectivity index (χ0n) is 16.6. The van der Waals surface area contributed by atoms with Crippen LogP contribution in [0.1, 0.15) is 26.2 Å². The molecule has 1 atom stereocenters. The summed E-state index contributed by atoms with van der Waals surface area (Å²) in [6, 6.07) is 1.14. The SMILES string of the molecule is C=C[Si](C)(C)OO[Si](C)(C)[Si](C)(CCCCC)O[Si](C)(C)C=C. The molecule has 0 aromatic rings. The van der Waals surface area contributed by atoms with Crippen molar-refractivity contribution < 1.29 is 13.3 Å². The highest BCUT2D eigenvalue weighted by molar-refractivity contribution is 7.37. The minimum Gasteiger partial charge on any atom is -0.452 e. The molecule has 0 radical (unpaired) electrons. The van der Waals surface area contributed by atoms with Crippen LogP contribution in [0.25, 0.3) is 0 Å². The van der Waals surface area contributed by atoms with Crippen molar-refractivity contribution in [2.45, 2.75) is 78.1 Å². The van der Waals surface area contributed by atoms with Gasteiger partial charge in [-0.2, -0.15) is 0 Å². The van der Waals surface area contributed by atoms with Gasteiger partial charge in [0.25, 0.3) is 8.32 Å². The van der Waals surface area contributed by atoms with Crippen LogP contribution in [0.2, 0.25) is 51.9 Å². The molecule has 0 aliphatic carbocycles. The van der Waals surface area contributed by atoms with Crippen molar-refractivity contribution in [3.8, 4) is 0 Å². The van der Waals surface area contributed by atoms with Gasteiger partial charge in [0.15, 0.2) is 16.2 Å². The lowest BCUT2D eigenvalue weighted by Crippen LogP contribution is -2.65. The Morgan fingerprint density at radius 1 is 0.783 bits per heavy atom. The van der Waals surface area contributed by atoms with Crippen molar-refractivity contribution in [2.24, 2.45) is 0 Å². The van der Waals surface area contributed by atoms with Gasteiger partial charge in [-0.25, -0.2) is 0 Å². The first-order valence-electron chi connectivity index (χ1n) is 8.69. The highest BCUT2D eigenvalue weighted by Gasteiger charge is 2.52. The Kier molecular flexibility index (Phi) is 9.16. The lowest BCUT2D eigenvalue weighted by atomic mass is 10.3. The quantitative estimate of drug-likeness (QED) is 0.181. The minimum absolute atomic E-state index is 1.14. The van der Waals surface area contributed by atoms with E-state index in [1.165, 1.54) is 19.3 Å². The summed E-state index contributed by atoms with van der Waals surface area (Å²) in [7, 11) is -7.89. The highest BCUT2D eigenvalue weighted by Crippen LogP contribution is 2.32. The van der Waals surface area contributed by atoms with E-state index in [0.29, 0.717) is 0 Å². The van der Waals surface area contributed by atoms with Gasteiger partial charge in [-0.1, -0.05) is 37.6 Å². The van der Waals surface area contributed by atoms with E-state index in [2.05, 4.69) is 65.9 Å². The van der Waals surface area contributed by atoms with E-state index in [9.17, 15) is 0 Å². The molecule has 0 aliphatic heterocycles. The molecular formula is C16H38O3Si4. The molecule has 0 amide bonds. The number of hydrogen-bond acceptors (Lipinski definition) is 3. The lowest BCUT2D eigenvalue weighted by molar-refractivity contribution is -0.119. The van der Waals surface area contributed by atoms with Crippen molar-refractivity contribution in [1.29, 1.82) is 0 Å². The van der Waals surface area contributed by atoms with E-state index in [1.54, 1.807) is 0 Å². The van der Waals surface area contributed by atoms with Crippen LogP contribution in [0.5, 0.6) is 0 Å². The summed E-state index contributed by atoms with van der Waals surface area (Å²) < 4.78 is 18.8. The van der Waals surface area contributed by atoms with Crippen molar-refractivity contribution in [3.05, 3.63) is 24.6 Å². The number of rotatable bonds is 12. The Balaban J connectivity index is 5.28. The standard InChI is InChI=1S/C16H38O3Si4/c1-11-14-15-16-23(10,19-21(6,7)13-3)22(8,9)18-17-20(4,5)12-2/h12-13H,2-3,11,14-16H2,1,4-10H3. The Bertz CT molecular complexity index is 397. The first-order valence-corrected chi connectivity index (χ1v) is 21.2. The summed E-state index contributed by atoms with van der Waals surface area (Å²) in [5.41, 5.74) is 3.95. The maximum absolute atomic E-state index is 6.79. The van der Waals surface area contributed by atoms with Gasteiger partial charge in [0, 0.05) is 0 Å². The second kappa shape index (κ2) is 9.07. The summed E-state index contributed by atoms with van der Waals surface area (Å²) in [5, 5.41) is 0. The number of hydrogen-bond donors (Lipinski definition) is 0. The predicted molar refractivity (Wildman–Crippen MR) is 112 cm³/mol. The molecule has 0 fully saturated rings. The third-order valence-electron chi connectivity index (χ3n) is 4.47. The molecule has 0 N–H and O–H groups in total. The second-order valence-corrected chi connectivity index (χ2v) is 29.2. The highest BCUT2D eigenvalue weighted by atomic mass is 29.3. The van der Waals surface area contributed by atoms with Gasteiger partial charge in [-0.15, -0.1) is 13.2 Å². The molecule has 0 aromatic heterocycles. The van der Waals surface area contributed by atoms with E-state index >= 15 is 0 Å². The van der Waals surface area contributed by atoms with Crippen molar-refractivity contribution >= 4 is 32.3 Å². The van der Waals surface area contributed by atoms with Crippen molar-refractivity contribution in [1.82, 2.24) is 0 Å². The fraction of sp³-hybridized carbons (Fsp3) is 0.750. The summed E-state index contributed by atoms with van der Waals surface area (Å²) in [6.45, 7) is 25.6. The molecule has 0 saturated carbocycles. The fourth-order valence-electron chi connectivity index (χ4n) is 2.14. The molecule has 0 rings (SSSR count). The van der Waals surface area contributed by atoms with Crippen LogP contribution in [0.15, 0.2) is 24.6 Å². The van der Waals surface area contributed by atoms with Crippen LogP contribution in [-0.4, -0.2) is 32.3 Å². The zero-order chi connectivity index (χ0) is 18.4. The minimum atomic E-state index is -2.09. The Morgan fingerprint density at radius 2 is 1.30 bits per heavy atom. The van der Waals surface area contributed by atoms with Crippen molar-refractivity contribution in [2.75, 3.05) is 0 Å². The molecule has 7 heteroatoms. The van der Waals surface area contributed by atoms with Gasteiger partial charge in [0.1, 0.15) is 0 Å². The topological polar surface area (TPSA) is 27.7 Å². The Hall–Kier alpha value is 0.228. The van der Waals surface area contributed by atoms with E-state index < -0.39 is 32.3 Å². The third kappa shape index (κ3) is 7.76. The Morgan fingerprint density at radius 3 is 1.74 bits per heavy atom. The summed E-state index contributed by atoms with van der Waals surface area (Å²) in [4.78, 5) is 0. The zero-order valence-corrected chi connectivity index (χ0v) is 20.6. The van der Waals surface area contributed by atoms with Crippen LogP contribution in [-0.2, 0) is 13.3 Å². The largest absolute Gasteiger partial charge is 0.452 e. The maximum atomic E-state index is 6.79. The van der Waals surface area contributed by atoms with Crippen LogP contribution in [0.4, 0.5) is 0 Å². The first-order chi connectivity index (χ1) is 10.3. The van der Waals surface area contributed by atoms with Crippen LogP contribution in [0, 0.1) is 0 Å². The van der Waals surface area contributed by atoms with Gasteiger partial charge in [0.05, 0.1) is 0 Å². The van der Waals surface area contributed by atoms with E-state index in [4.69, 9.17) is 13.3 Å². The fourth-order valence-corrected chi connectivity index (χ4v) is 19.8. The molecule has 0 aliphatic rings. The molecule has 136 valence electrons. The van der Waals surface area contributed by atoms with Crippen LogP contribution < -0.4 is 0 Å². The summed E-state index contributed by atoms with van der Waals surface area (Å²) in [6.07, 6.45) is 3.69. The molecule has 23 heavy (non-hydrogen) atoms. The first kappa shape index (κ1) is 23.2. The maximum Gasteiger partial charge on any atom is 0.254 e. The molecule has 0 spiro atoms. The average molecular weight is 391 g/mol. The van der Waals surface area contributed by atoms with E-state index in [1.807, 2.05) is 11.4 Å². The van der Waals surface area contributed by atoms with Gasteiger partial charge in [-0.3, -0.25) is 9.15 Å². The van der Waals surface area contributed by atoms with E-state index in [-0.39, 0.29) is 0 Å². The molecule has 1 unspecified atom stereocenters. The van der Waals surface area contributed by atoms with Gasteiger partial charge in [-0.05, 0) is 51.9 Å². The normalized spacial score (nSPS) is 16.0. The molecule has 0 saturated heterocycles. The molecule has 0 bridgehead atoms. The van der Waals surface area contributed by atoms with Crippen molar-refractivity contribution in [3.63, 3.8) is 0 Å². The summed E-state index contributed by atoms with van der Waals surface area (Å²) >= 11 is 0. The Labute approximate surface area is 148 Å². The lowest BCUT2D eigenvalue weighted by Gasteiger charge is -2.43. The van der Waals surface area contributed by atoms with Gasteiger partial charge < -0.3 is 4.12 Å². The van der Waals surface area contributed by atoms with Crippen LogP contribution in [0.3, 0.4) is 0 Å². The number of unbranched alkanes of at least 4 members (excludes halogenated alkanes) is 2. The van der Waals surface area contributed by atoms with Gasteiger partial charge in [0.2, 0.25) is 7.83 Å². The molecule has 3 nitrogen and oxygen atoms in total. The van der Waals surface area contributed by atoms with Gasteiger partial charge >= 0.3 is 0 Å². The van der Waals surface area contributed by atoms with E-state index in [0.717, 1.165) is 6.04 Å². The summed E-state index contributed by atoms with van der Waals surface area (Å²) in [5.74, 6) is 0. The molecule has 0 heterocycles. The molecular weight excluding hydrogens is 353 g/mol. The van der Waals surface area contributed by atoms with Crippen LogP contribution >= 0.6 is 0 Å². The second-order valence-electron chi connectivity index (χ2n) is 8.08. The smallest absolute Gasteiger partial charge is 0.254 e. The average Bonchev–Trinajstić information content (AvgIpc) is 2.45. The third-order valence-corrected chi connectivity index (χ3v) is 24.9. The monoisotopic (exact) mass is 390 g/mol. The predicted octanol–water partition coefficient (Wildman–Crippen LogP) is 5.86. The molecule has 0 aromatic carbocycles.